The lowest BCUT2D eigenvalue weighted by Crippen LogP contribution is -2.34. The molecule has 0 saturated heterocycles. The molecule has 0 fully saturated rings. The van der Waals surface area contributed by atoms with Crippen LogP contribution in [0.4, 0.5) is 5.82 Å². The van der Waals surface area contributed by atoms with Crippen molar-refractivity contribution in [1.82, 2.24) is 14.9 Å². The summed E-state index contributed by atoms with van der Waals surface area (Å²) in [6, 6.07) is 14.6. The minimum Gasteiger partial charge on any atom is -0.467 e. The third-order valence-electron chi connectivity index (χ3n) is 5.73. The quantitative estimate of drug-likeness (QED) is 0.429. The van der Waals surface area contributed by atoms with Crippen LogP contribution in [0.3, 0.4) is 0 Å². The molecule has 1 aliphatic heterocycles. The van der Waals surface area contributed by atoms with Crippen LogP contribution in [-0.2, 0) is 30.8 Å². The van der Waals surface area contributed by atoms with Crippen LogP contribution in [0.2, 0.25) is 0 Å². The maximum atomic E-state index is 5.78. The largest absolute Gasteiger partial charge is 0.467 e. The van der Waals surface area contributed by atoms with Gasteiger partial charge in [-0.2, -0.15) is 0 Å². The molecule has 1 aromatic carbocycles. The fraction of sp³-hybridized carbons (Fsp3) is 0.462. The van der Waals surface area contributed by atoms with Gasteiger partial charge in [-0.05, 0) is 51.3 Å². The number of aryl methyl sites for hydroxylation is 1. The summed E-state index contributed by atoms with van der Waals surface area (Å²) < 4.78 is 11.4. The van der Waals surface area contributed by atoms with E-state index in [2.05, 4.69) is 54.0 Å². The third kappa shape index (κ3) is 5.96. The maximum absolute atomic E-state index is 5.78. The molecule has 6 heteroatoms. The van der Waals surface area contributed by atoms with Gasteiger partial charge in [-0.3, -0.25) is 4.90 Å². The van der Waals surface area contributed by atoms with Gasteiger partial charge in [-0.1, -0.05) is 30.3 Å². The Kier molecular flexibility index (Phi) is 7.55. The molecule has 1 aliphatic rings. The molecule has 0 radical (unpaired) electrons. The first-order valence-corrected chi connectivity index (χ1v) is 11.6. The zero-order chi connectivity index (χ0) is 22.3. The molecule has 0 N–H and O–H groups in total. The highest BCUT2D eigenvalue weighted by Gasteiger charge is 2.25. The summed E-state index contributed by atoms with van der Waals surface area (Å²) in [5.41, 5.74) is 3.76. The van der Waals surface area contributed by atoms with E-state index in [-0.39, 0.29) is 6.10 Å². The van der Waals surface area contributed by atoms with Gasteiger partial charge in [0.15, 0.2) is 0 Å². The van der Waals surface area contributed by atoms with Gasteiger partial charge in [0.25, 0.3) is 0 Å². The second-order valence-corrected chi connectivity index (χ2v) is 8.74. The van der Waals surface area contributed by atoms with E-state index in [4.69, 9.17) is 19.1 Å². The van der Waals surface area contributed by atoms with Crippen LogP contribution in [0.5, 0.6) is 0 Å². The van der Waals surface area contributed by atoms with Crippen LogP contribution < -0.4 is 4.90 Å². The van der Waals surface area contributed by atoms with E-state index in [0.29, 0.717) is 6.54 Å². The number of benzene rings is 1. The fourth-order valence-corrected chi connectivity index (χ4v) is 4.25. The first kappa shape index (κ1) is 22.5. The topological polar surface area (TPSA) is 54.6 Å². The van der Waals surface area contributed by atoms with Crippen LogP contribution in [0.25, 0.3) is 0 Å². The number of nitrogens with zero attached hydrogens (tertiary/aromatic N) is 4. The van der Waals surface area contributed by atoms with Gasteiger partial charge in [0.2, 0.25) is 0 Å². The molecule has 0 unspecified atom stereocenters. The number of hydrogen-bond donors (Lipinski definition) is 0. The normalized spacial score (nSPS) is 14.0. The Bertz CT molecular complexity index is 973. The van der Waals surface area contributed by atoms with Crippen LogP contribution in [-0.4, -0.2) is 40.7 Å². The second kappa shape index (κ2) is 10.7. The predicted octanol–water partition coefficient (Wildman–Crippen LogP) is 4.76. The lowest BCUT2D eigenvalue weighted by Gasteiger charge is -2.32. The van der Waals surface area contributed by atoms with Crippen molar-refractivity contribution in [1.29, 1.82) is 0 Å². The first-order valence-electron chi connectivity index (χ1n) is 11.6. The molecule has 3 heterocycles. The summed E-state index contributed by atoms with van der Waals surface area (Å²) in [5.74, 6) is 2.82. The Morgan fingerprint density at radius 2 is 1.97 bits per heavy atom. The highest BCUT2D eigenvalue weighted by molar-refractivity contribution is 5.50. The van der Waals surface area contributed by atoms with E-state index < -0.39 is 0 Å². The number of fused-ring (bicyclic) bond motifs is 1. The molecular formula is C26H34N4O2. The summed E-state index contributed by atoms with van der Waals surface area (Å²) in [5, 5.41) is 0. The zero-order valence-electron chi connectivity index (χ0n) is 19.5. The molecule has 0 saturated carbocycles. The third-order valence-corrected chi connectivity index (χ3v) is 5.73. The van der Waals surface area contributed by atoms with Crippen molar-refractivity contribution in [2.24, 2.45) is 0 Å². The van der Waals surface area contributed by atoms with Gasteiger partial charge < -0.3 is 14.1 Å². The number of ether oxygens (including phenoxy) is 1. The molecule has 4 rings (SSSR count). The molecule has 32 heavy (non-hydrogen) atoms. The number of aromatic nitrogens is 2. The van der Waals surface area contributed by atoms with E-state index in [1.165, 1.54) is 11.1 Å². The van der Waals surface area contributed by atoms with Crippen molar-refractivity contribution < 1.29 is 9.15 Å². The summed E-state index contributed by atoms with van der Waals surface area (Å²) >= 11 is 0. The van der Waals surface area contributed by atoms with Gasteiger partial charge in [0, 0.05) is 38.3 Å². The predicted molar refractivity (Wildman–Crippen MR) is 126 cm³/mol. The van der Waals surface area contributed by atoms with Gasteiger partial charge in [-0.15, -0.1) is 0 Å². The Hall–Kier alpha value is -2.70. The fourth-order valence-electron chi connectivity index (χ4n) is 4.25. The molecular weight excluding hydrogens is 400 g/mol. The van der Waals surface area contributed by atoms with Gasteiger partial charge in [0.1, 0.15) is 17.4 Å². The SMILES string of the molecule is Cc1nc2c(c(N(CCCOC(C)C)Cc3ccco3)n1)CCN(Cc1ccccc1)C2. The van der Waals surface area contributed by atoms with E-state index in [0.717, 1.165) is 68.7 Å². The van der Waals surface area contributed by atoms with Crippen molar-refractivity contribution in [3.8, 4) is 0 Å². The van der Waals surface area contributed by atoms with E-state index >= 15 is 0 Å². The Balaban J connectivity index is 1.53. The molecule has 0 amide bonds. The molecule has 3 aromatic rings. The summed E-state index contributed by atoms with van der Waals surface area (Å²) in [4.78, 5) is 14.6. The Morgan fingerprint density at radius 1 is 1.12 bits per heavy atom. The van der Waals surface area contributed by atoms with Crippen molar-refractivity contribution in [2.75, 3.05) is 24.6 Å². The number of anilines is 1. The van der Waals surface area contributed by atoms with Crippen LogP contribution in [0, 0.1) is 6.92 Å². The van der Waals surface area contributed by atoms with Gasteiger partial charge in [0.05, 0.1) is 24.6 Å². The van der Waals surface area contributed by atoms with Crippen molar-refractivity contribution in [3.63, 3.8) is 0 Å². The first-order chi connectivity index (χ1) is 15.6. The van der Waals surface area contributed by atoms with Crippen LogP contribution in [0.15, 0.2) is 53.1 Å². The van der Waals surface area contributed by atoms with Crippen molar-refractivity contribution >= 4 is 5.82 Å². The standard InChI is InChI=1S/C26H34N4O2/c1-20(2)31-16-8-13-30(18-23-11-7-15-32-23)26-24-12-14-29(17-22-9-5-4-6-10-22)19-25(24)27-21(3)28-26/h4-7,9-11,15,20H,8,12-14,16-19H2,1-3H3. The van der Waals surface area contributed by atoms with Gasteiger partial charge in [-0.25, -0.2) is 9.97 Å². The number of furan rings is 1. The summed E-state index contributed by atoms with van der Waals surface area (Å²) in [6.45, 7) is 11.3. The highest BCUT2D eigenvalue weighted by atomic mass is 16.5. The molecule has 170 valence electrons. The summed E-state index contributed by atoms with van der Waals surface area (Å²) in [6.07, 6.45) is 3.88. The lowest BCUT2D eigenvalue weighted by molar-refractivity contribution is 0.0778. The molecule has 0 bridgehead atoms. The Morgan fingerprint density at radius 3 is 2.72 bits per heavy atom. The lowest BCUT2D eigenvalue weighted by atomic mass is 10.0. The minimum absolute atomic E-state index is 0.248. The smallest absolute Gasteiger partial charge is 0.136 e. The van der Waals surface area contributed by atoms with E-state index in [1.807, 2.05) is 19.1 Å². The zero-order valence-corrected chi connectivity index (χ0v) is 19.5. The molecule has 6 nitrogen and oxygen atoms in total. The second-order valence-electron chi connectivity index (χ2n) is 8.74. The Labute approximate surface area is 191 Å². The van der Waals surface area contributed by atoms with E-state index in [1.54, 1.807) is 6.26 Å². The molecule has 2 aromatic heterocycles. The monoisotopic (exact) mass is 434 g/mol. The molecule has 0 atom stereocenters. The van der Waals surface area contributed by atoms with Crippen molar-refractivity contribution in [2.45, 2.75) is 59.4 Å². The van der Waals surface area contributed by atoms with Crippen LogP contribution >= 0.6 is 0 Å². The van der Waals surface area contributed by atoms with Crippen LogP contribution in [0.1, 0.15) is 48.7 Å². The highest BCUT2D eigenvalue weighted by Crippen LogP contribution is 2.28. The maximum Gasteiger partial charge on any atom is 0.136 e. The van der Waals surface area contributed by atoms with Gasteiger partial charge >= 0.3 is 0 Å². The van der Waals surface area contributed by atoms with Crippen molar-refractivity contribution in [3.05, 3.63) is 77.1 Å². The minimum atomic E-state index is 0.248. The molecule has 0 aliphatic carbocycles. The summed E-state index contributed by atoms with van der Waals surface area (Å²) in [7, 11) is 0. The number of rotatable bonds is 10. The average molecular weight is 435 g/mol. The number of hydrogen-bond acceptors (Lipinski definition) is 6. The van der Waals surface area contributed by atoms with E-state index in [9.17, 15) is 0 Å². The average Bonchev–Trinajstić information content (AvgIpc) is 3.29. The molecule has 0 spiro atoms.